The molecule has 0 bridgehead atoms. The van der Waals surface area contributed by atoms with E-state index in [0.29, 0.717) is 26.8 Å². The van der Waals surface area contributed by atoms with Crippen molar-refractivity contribution in [3.8, 4) is 17.1 Å². The van der Waals surface area contributed by atoms with E-state index in [4.69, 9.17) is 44.5 Å². The summed E-state index contributed by atoms with van der Waals surface area (Å²) >= 11 is 18.8. The summed E-state index contributed by atoms with van der Waals surface area (Å²) in [6.45, 7) is 2.02. The molecule has 2 aliphatic rings. The third kappa shape index (κ3) is 3.91. The molecule has 1 aromatic heterocycles. The lowest BCUT2D eigenvalue weighted by molar-refractivity contribution is 0.175. The van der Waals surface area contributed by atoms with Crippen molar-refractivity contribution in [2.75, 3.05) is 0 Å². The summed E-state index contributed by atoms with van der Waals surface area (Å²) in [5.41, 5.74) is 6.55. The summed E-state index contributed by atoms with van der Waals surface area (Å²) in [5.74, 6) is 1.88. The van der Waals surface area contributed by atoms with Crippen LogP contribution in [0.5, 0.6) is 0 Å². The molecule has 31 heavy (non-hydrogen) atoms. The van der Waals surface area contributed by atoms with Gasteiger partial charge in [-0.1, -0.05) is 47.6 Å². The predicted octanol–water partition coefficient (Wildman–Crippen LogP) is 6.93. The Kier molecular flexibility index (Phi) is 5.59. The molecule has 1 aliphatic heterocycles. The van der Waals surface area contributed by atoms with Gasteiger partial charge in [0.2, 0.25) is 12.1 Å². The van der Waals surface area contributed by atoms with Crippen LogP contribution in [0.15, 0.2) is 47.6 Å². The Bertz CT molecular complexity index is 1150. The van der Waals surface area contributed by atoms with Crippen LogP contribution in [0, 0.1) is 12.8 Å². The largest absolute Gasteiger partial charge is 0.448 e. The summed E-state index contributed by atoms with van der Waals surface area (Å²) in [4.78, 5) is 4.95. The van der Waals surface area contributed by atoms with Gasteiger partial charge in [0.05, 0.1) is 5.02 Å². The van der Waals surface area contributed by atoms with Crippen molar-refractivity contribution < 1.29 is 4.74 Å². The average Bonchev–Trinajstić information content (AvgIpc) is 3.48. The molecule has 5 rings (SSSR count). The molecule has 2 heterocycles. The number of halogens is 3. The van der Waals surface area contributed by atoms with Crippen LogP contribution in [0.2, 0.25) is 15.1 Å². The Morgan fingerprint density at radius 2 is 1.71 bits per heavy atom. The van der Waals surface area contributed by atoms with Crippen molar-refractivity contribution in [2.45, 2.75) is 38.8 Å². The standard InChI is InChI=1S/C23H21Cl3N4O/c1-13-20(23-29-28-22(31-23)14-4-2-3-5-14)27-21(18-11-8-16(25)12-19(18)26)30(13)17-9-6-15(24)7-10-17/h6-12,14,23,29H,2-5H2,1H3/t23-/m0/s1. The van der Waals surface area contributed by atoms with Crippen LogP contribution in [0.25, 0.3) is 17.1 Å². The lowest BCUT2D eigenvalue weighted by Crippen LogP contribution is -2.16. The molecule has 2 aromatic carbocycles. The van der Waals surface area contributed by atoms with Gasteiger partial charge in [0.25, 0.3) is 0 Å². The Labute approximate surface area is 196 Å². The van der Waals surface area contributed by atoms with E-state index in [1.54, 1.807) is 6.07 Å². The zero-order valence-electron chi connectivity index (χ0n) is 16.9. The highest BCUT2D eigenvalue weighted by molar-refractivity contribution is 6.36. The maximum absolute atomic E-state index is 6.55. The van der Waals surface area contributed by atoms with Crippen LogP contribution in [-0.2, 0) is 4.74 Å². The van der Waals surface area contributed by atoms with Gasteiger partial charge in [-0.15, -0.1) is 5.10 Å². The molecule has 1 atom stereocenters. The Hall–Kier alpha value is -2.21. The number of nitrogens with one attached hydrogen (secondary N) is 1. The Morgan fingerprint density at radius 3 is 2.42 bits per heavy atom. The fraction of sp³-hybridized carbons (Fsp3) is 0.304. The van der Waals surface area contributed by atoms with Crippen LogP contribution in [-0.4, -0.2) is 15.4 Å². The van der Waals surface area contributed by atoms with Crippen molar-refractivity contribution in [2.24, 2.45) is 11.0 Å². The molecule has 160 valence electrons. The van der Waals surface area contributed by atoms with Crippen LogP contribution < -0.4 is 5.43 Å². The highest BCUT2D eigenvalue weighted by Crippen LogP contribution is 2.37. The molecule has 0 unspecified atom stereocenters. The van der Waals surface area contributed by atoms with Crippen LogP contribution >= 0.6 is 34.8 Å². The molecular formula is C23H21Cl3N4O. The Morgan fingerprint density at radius 1 is 1.00 bits per heavy atom. The highest BCUT2D eigenvalue weighted by Gasteiger charge is 2.33. The van der Waals surface area contributed by atoms with Gasteiger partial charge < -0.3 is 4.74 Å². The third-order valence-electron chi connectivity index (χ3n) is 5.88. The van der Waals surface area contributed by atoms with Crippen molar-refractivity contribution in [3.63, 3.8) is 0 Å². The van der Waals surface area contributed by atoms with Gasteiger partial charge in [-0.05, 0) is 62.2 Å². The topological polar surface area (TPSA) is 51.4 Å². The number of imidazole rings is 1. The lowest BCUT2D eigenvalue weighted by Gasteiger charge is -2.14. The predicted molar refractivity (Wildman–Crippen MR) is 125 cm³/mol. The number of hydrazone groups is 1. The Balaban J connectivity index is 1.58. The van der Waals surface area contributed by atoms with E-state index in [1.165, 1.54) is 12.8 Å². The lowest BCUT2D eigenvalue weighted by atomic mass is 10.1. The second-order valence-corrected chi connectivity index (χ2v) is 9.18. The first-order valence-electron chi connectivity index (χ1n) is 10.3. The van der Waals surface area contributed by atoms with Gasteiger partial charge in [0, 0.05) is 32.9 Å². The van der Waals surface area contributed by atoms with Crippen molar-refractivity contribution in [1.82, 2.24) is 15.0 Å². The van der Waals surface area contributed by atoms with E-state index in [9.17, 15) is 0 Å². The average molecular weight is 476 g/mol. The van der Waals surface area contributed by atoms with E-state index >= 15 is 0 Å². The minimum absolute atomic E-state index is 0.390. The SMILES string of the molecule is Cc1c([C@H]2NN=C(C3CCCC3)O2)nc(-c2ccc(Cl)cc2Cl)n1-c1ccc(Cl)cc1. The van der Waals surface area contributed by atoms with Gasteiger partial charge in [-0.25, -0.2) is 4.98 Å². The molecule has 8 heteroatoms. The minimum atomic E-state index is -0.436. The molecule has 0 radical (unpaired) electrons. The van der Waals surface area contributed by atoms with Crippen molar-refractivity contribution in [3.05, 3.63) is 68.9 Å². The molecule has 0 saturated heterocycles. The maximum Gasteiger partial charge on any atom is 0.231 e. The number of benzene rings is 2. The third-order valence-corrected chi connectivity index (χ3v) is 6.68. The zero-order chi connectivity index (χ0) is 21.5. The smallest absolute Gasteiger partial charge is 0.231 e. The van der Waals surface area contributed by atoms with Crippen molar-refractivity contribution in [1.29, 1.82) is 0 Å². The highest BCUT2D eigenvalue weighted by atomic mass is 35.5. The second kappa shape index (κ2) is 8.38. The van der Waals surface area contributed by atoms with Gasteiger partial charge in [-0.2, -0.15) is 0 Å². The first-order chi connectivity index (χ1) is 15.0. The molecule has 1 N–H and O–H groups in total. The maximum atomic E-state index is 6.55. The summed E-state index contributed by atoms with van der Waals surface area (Å²) < 4.78 is 8.26. The molecule has 0 spiro atoms. The van der Waals surface area contributed by atoms with Gasteiger partial charge in [0.1, 0.15) is 11.5 Å². The fourth-order valence-electron chi connectivity index (χ4n) is 4.30. The zero-order valence-corrected chi connectivity index (χ0v) is 19.2. The van der Waals surface area contributed by atoms with E-state index in [-0.39, 0.29) is 0 Å². The monoisotopic (exact) mass is 474 g/mol. The molecule has 0 amide bonds. The molecule has 1 aliphatic carbocycles. The van der Waals surface area contributed by atoms with Crippen LogP contribution in [0.1, 0.15) is 43.3 Å². The second-order valence-electron chi connectivity index (χ2n) is 7.90. The number of rotatable bonds is 4. The molecule has 1 fully saturated rings. The van der Waals surface area contributed by atoms with E-state index in [2.05, 4.69) is 15.1 Å². The fourth-order valence-corrected chi connectivity index (χ4v) is 4.92. The number of ether oxygens (including phenoxy) is 1. The number of nitrogens with zero attached hydrogens (tertiary/aromatic N) is 3. The van der Waals surface area contributed by atoms with Crippen LogP contribution in [0.4, 0.5) is 0 Å². The summed E-state index contributed by atoms with van der Waals surface area (Å²) in [7, 11) is 0. The molecular weight excluding hydrogens is 455 g/mol. The van der Waals surface area contributed by atoms with E-state index in [0.717, 1.165) is 41.4 Å². The van der Waals surface area contributed by atoms with Gasteiger partial charge in [0.15, 0.2) is 0 Å². The van der Waals surface area contributed by atoms with Crippen LogP contribution in [0.3, 0.4) is 0 Å². The van der Waals surface area contributed by atoms with Gasteiger partial charge >= 0.3 is 0 Å². The minimum Gasteiger partial charge on any atom is -0.448 e. The number of hydrogen-bond donors (Lipinski definition) is 1. The summed E-state index contributed by atoms with van der Waals surface area (Å²) in [5, 5.41) is 6.25. The molecule has 3 aromatic rings. The summed E-state index contributed by atoms with van der Waals surface area (Å²) in [6, 6.07) is 13.0. The quantitative estimate of drug-likeness (QED) is 0.445. The van der Waals surface area contributed by atoms with Gasteiger partial charge in [-0.3, -0.25) is 9.99 Å². The number of aromatic nitrogens is 2. The van der Waals surface area contributed by atoms with Crippen molar-refractivity contribution >= 4 is 40.7 Å². The van der Waals surface area contributed by atoms with E-state index in [1.807, 2.05) is 43.3 Å². The molecule has 5 nitrogen and oxygen atoms in total. The van der Waals surface area contributed by atoms with E-state index < -0.39 is 6.23 Å². The molecule has 1 saturated carbocycles. The number of hydrogen-bond acceptors (Lipinski definition) is 4. The summed E-state index contributed by atoms with van der Waals surface area (Å²) in [6.07, 6.45) is 4.25. The first kappa shape index (κ1) is 20.7. The normalized spacial score (nSPS) is 18.7. The first-order valence-corrected chi connectivity index (χ1v) is 11.4.